The highest BCUT2D eigenvalue weighted by atomic mass is 32.2. The van der Waals surface area contributed by atoms with Crippen LogP contribution in [0.3, 0.4) is 0 Å². The van der Waals surface area contributed by atoms with E-state index in [4.69, 9.17) is 0 Å². The van der Waals surface area contributed by atoms with Crippen molar-refractivity contribution < 1.29 is 36.5 Å². The number of hydrogen-bond donors (Lipinski definition) is 2. The molecule has 0 spiro atoms. The third-order valence-electron chi connectivity index (χ3n) is 5.69. The van der Waals surface area contributed by atoms with Crippen molar-refractivity contribution in [2.75, 3.05) is 9.44 Å². The van der Waals surface area contributed by atoms with Gasteiger partial charge in [-0.25, -0.2) is 16.8 Å². The molecule has 0 radical (unpaired) electrons. The molecule has 0 bridgehead atoms. The van der Waals surface area contributed by atoms with Crippen LogP contribution in [0.1, 0.15) is 0 Å². The van der Waals surface area contributed by atoms with Gasteiger partial charge < -0.3 is 0 Å². The molecule has 0 saturated heterocycles. The van der Waals surface area contributed by atoms with Gasteiger partial charge in [0, 0.05) is 0 Å². The molecule has 0 aromatic heterocycles. The summed E-state index contributed by atoms with van der Waals surface area (Å²) in [4.78, 5) is 42.0. The number of nitro groups is 4. The van der Waals surface area contributed by atoms with Crippen molar-refractivity contribution in [3.05, 3.63) is 113 Å². The lowest BCUT2D eigenvalue weighted by molar-refractivity contribution is -0.397. The van der Waals surface area contributed by atoms with E-state index in [0.29, 0.717) is 0 Å². The normalized spacial score (nSPS) is 11.5. The number of hydrogen-bond acceptors (Lipinski definition) is 12. The molecule has 0 fully saturated rings. The first-order chi connectivity index (χ1) is 19.7. The Hall–Kier alpha value is -5.76. The third-order valence-corrected chi connectivity index (χ3v) is 8.42. The van der Waals surface area contributed by atoms with Gasteiger partial charge in [-0.2, -0.15) is 0 Å². The fourth-order valence-corrected chi connectivity index (χ4v) is 6.15. The number of nitrogens with one attached hydrogen (secondary N) is 2. The SMILES string of the molecule is O=[N+]([O-])c1cc([N+](=O)[O-])c2c([N+](=O)[O-])cc([N+](=O)[O-])c(NS(=O)(=O)c3ccccc3)c2c1NS(=O)(=O)c1ccccc1. The number of nitrogens with zero attached hydrogens (tertiary/aromatic N) is 4. The minimum absolute atomic E-state index is 0.222. The van der Waals surface area contributed by atoms with E-state index in [0.717, 1.165) is 24.3 Å². The molecule has 20 heteroatoms. The van der Waals surface area contributed by atoms with Gasteiger partial charge in [0.25, 0.3) is 31.4 Å². The van der Waals surface area contributed by atoms with E-state index in [2.05, 4.69) is 0 Å². The number of rotatable bonds is 10. The number of sulfonamides is 2. The number of anilines is 2. The van der Waals surface area contributed by atoms with Crippen LogP contribution >= 0.6 is 0 Å². The smallest absolute Gasteiger partial charge is 0.272 e. The van der Waals surface area contributed by atoms with E-state index in [9.17, 15) is 57.3 Å². The van der Waals surface area contributed by atoms with Gasteiger partial charge >= 0.3 is 11.4 Å². The average Bonchev–Trinajstić information content (AvgIpc) is 2.93. The van der Waals surface area contributed by atoms with Gasteiger partial charge in [-0.05, 0) is 24.3 Å². The van der Waals surface area contributed by atoms with Crippen LogP contribution in [-0.2, 0) is 20.0 Å². The lowest BCUT2D eigenvalue weighted by Crippen LogP contribution is -2.18. The second-order valence-electron chi connectivity index (χ2n) is 8.20. The summed E-state index contributed by atoms with van der Waals surface area (Å²) < 4.78 is 56.5. The summed E-state index contributed by atoms with van der Waals surface area (Å²) in [6.07, 6.45) is 0. The molecule has 4 rings (SSSR count). The van der Waals surface area contributed by atoms with E-state index in [1.165, 1.54) is 36.4 Å². The van der Waals surface area contributed by atoms with Gasteiger partial charge in [-0.3, -0.25) is 49.9 Å². The zero-order valence-corrected chi connectivity index (χ0v) is 22.1. The molecule has 0 unspecified atom stereocenters. The zero-order valence-electron chi connectivity index (χ0n) is 20.4. The monoisotopic (exact) mass is 618 g/mol. The van der Waals surface area contributed by atoms with E-state index >= 15 is 0 Å². The lowest BCUT2D eigenvalue weighted by atomic mass is 10.0. The predicted octanol–water partition coefficient (Wildman–Crippen LogP) is 4.07. The van der Waals surface area contributed by atoms with Crippen molar-refractivity contribution in [1.29, 1.82) is 0 Å². The minimum atomic E-state index is -4.81. The molecule has 2 N–H and O–H groups in total. The average molecular weight is 619 g/mol. The Morgan fingerprint density at radius 2 is 0.786 bits per heavy atom. The first kappa shape index (κ1) is 29.2. The fraction of sp³-hybridized carbons (Fsp3) is 0. The molecule has 18 nitrogen and oxygen atoms in total. The fourth-order valence-electron chi connectivity index (χ4n) is 3.93. The molecule has 0 aliphatic rings. The van der Waals surface area contributed by atoms with Gasteiger partial charge in [0.05, 0.1) is 47.0 Å². The molecule has 0 aliphatic carbocycles. The maximum absolute atomic E-state index is 13.2. The summed E-state index contributed by atoms with van der Waals surface area (Å²) in [5.41, 5.74) is -7.79. The lowest BCUT2D eigenvalue weighted by Gasteiger charge is -2.16. The first-order valence-corrected chi connectivity index (χ1v) is 14.0. The van der Waals surface area contributed by atoms with Crippen LogP contribution in [0.4, 0.5) is 34.1 Å². The van der Waals surface area contributed by atoms with Crippen molar-refractivity contribution in [3.63, 3.8) is 0 Å². The number of non-ortho nitro benzene ring substituents is 2. The highest BCUT2D eigenvalue weighted by Gasteiger charge is 2.39. The van der Waals surface area contributed by atoms with Gasteiger partial charge in [0.15, 0.2) is 0 Å². The van der Waals surface area contributed by atoms with E-state index < -0.39 is 94.4 Å². The molecular formula is C22H14N6O12S2. The van der Waals surface area contributed by atoms with E-state index in [-0.39, 0.29) is 12.1 Å². The maximum Gasteiger partial charge on any atom is 0.300 e. The maximum atomic E-state index is 13.2. The van der Waals surface area contributed by atoms with Crippen LogP contribution in [0, 0.1) is 40.5 Å². The molecule has 0 heterocycles. The molecule has 0 amide bonds. The standard InChI is InChI=1S/C22H14N6O12S2/c29-25(30)15-11-17(27(33)34)21(23-41(37,38)13-7-3-1-4-8-13)20-19(15)16(26(31)32)12-18(28(35)36)22(20)24-42(39,40)14-9-5-2-6-10-14/h1-12,23-24H. The number of nitro benzene ring substituents is 4. The van der Waals surface area contributed by atoms with Gasteiger partial charge in [0.1, 0.15) is 16.8 Å². The summed E-state index contributed by atoms with van der Waals surface area (Å²) in [7, 11) is -9.63. The van der Waals surface area contributed by atoms with Gasteiger partial charge in [-0.1, -0.05) is 36.4 Å². The van der Waals surface area contributed by atoms with Gasteiger partial charge in [0.2, 0.25) is 0 Å². The largest absolute Gasteiger partial charge is 0.300 e. The van der Waals surface area contributed by atoms with Crippen molar-refractivity contribution in [2.24, 2.45) is 0 Å². The molecule has 216 valence electrons. The summed E-state index contributed by atoms with van der Waals surface area (Å²) in [5.74, 6) is 0. The quantitative estimate of drug-likeness (QED) is 0.188. The highest BCUT2D eigenvalue weighted by Crippen LogP contribution is 2.51. The van der Waals surface area contributed by atoms with Crippen molar-refractivity contribution in [1.82, 2.24) is 0 Å². The van der Waals surface area contributed by atoms with Crippen LogP contribution in [-0.4, -0.2) is 36.5 Å². The molecule has 0 atom stereocenters. The van der Waals surface area contributed by atoms with Crippen LogP contribution in [0.15, 0.2) is 82.6 Å². The molecule has 4 aromatic rings. The first-order valence-electron chi connectivity index (χ1n) is 11.1. The van der Waals surface area contributed by atoms with Crippen LogP contribution < -0.4 is 9.44 Å². The minimum Gasteiger partial charge on any atom is -0.272 e. The Bertz CT molecular complexity index is 1880. The van der Waals surface area contributed by atoms with E-state index in [1.54, 1.807) is 0 Å². The molecule has 42 heavy (non-hydrogen) atoms. The molecular weight excluding hydrogens is 604 g/mol. The Kier molecular flexibility index (Phi) is 7.42. The Balaban J connectivity index is 2.26. The zero-order chi connectivity index (χ0) is 31.0. The summed E-state index contributed by atoms with van der Waals surface area (Å²) >= 11 is 0. The van der Waals surface area contributed by atoms with E-state index in [1.807, 2.05) is 9.44 Å². The van der Waals surface area contributed by atoms with Crippen molar-refractivity contribution in [2.45, 2.75) is 9.79 Å². The molecule has 4 aromatic carbocycles. The van der Waals surface area contributed by atoms with Crippen LogP contribution in [0.25, 0.3) is 10.8 Å². The summed E-state index contributed by atoms with van der Waals surface area (Å²) in [6, 6.07) is 12.7. The summed E-state index contributed by atoms with van der Waals surface area (Å²) in [6.45, 7) is 0. The van der Waals surface area contributed by atoms with Crippen molar-refractivity contribution in [3.8, 4) is 0 Å². The highest BCUT2D eigenvalue weighted by molar-refractivity contribution is 7.93. The number of benzene rings is 4. The van der Waals surface area contributed by atoms with Crippen LogP contribution in [0.2, 0.25) is 0 Å². The van der Waals surface area contributed by atoms with Crippen LogP contribution in [0.5, 0.6) is 0 Å². The Morgan fingerprint density at radius 3 is 1.07 bits per heavy atom. The molecule has 0 saturated carbocycles. The topological polar surface area (TPSA) is 265 Å². The Labute approximate surface area is 233 Å². The Morgan fingerprint density at radius 1 is 0.476 bits per heavy atom. The second-order valence-corrected chi connectivity index (χ2v) is 11.6. The van der Waals surface area contributed by atoms with Gasteiger partial charge in [-0.15, -0.1) is 0 Å². The third kappa shape index (κ3) is 5.33. The number of fused-ring (bicyclic) bond motifs is 1. The van der Waals surface area contributed by atoms with Crippen molar-refractivity contribution >= 4 is 64.9 Å². The molecule has 0 aliphatic heterocycles. The predicted molar refractivity (Wildman–Crippen MR) is 145 cm³/mol. The second kappa shape index (κ2) is 10.7. The summed E-state index contributed by atoms with van der Waals surface area (Å²) in [5, 5.41) is 45.7.